The van der Waals surface area contributed by atoms with E-state index in [1.54, 1.807) is 19.2 Å². The largest absolute Gasteiger partial charge is 0.493 e. The van der Waals surface area contributed by atoms with Gasteiger partial charge in [-0.1, -0.05) is 65.7 Å². The van der Waals surface area contributed by atoms with Crippen molar-refractivity contribution in [2.24, 2.45) is 0 Å². The van der Waals surface area contributed by atoms with E-state index in [0.717, 1.165) is 27.5 Å². The fourth-order valence-corrected chi connectivity index (χ4v) is 4.35. The Balaban J connectivity index is 1.63. The molecule has 0 aliphatic rings. The molecule has 164 valence electrons. The Hall–Kier alpha value is -2.97. The van der Waals surface area contributed by atoms with Crippen LogP contribution >= 0.6 is 39.1 Å². The minimum atomic E-state index is 0.293. The van der Waals surface area contributed by atoms with Gasteiger partial charge in [0.2, 0.25) is 0 Å². The molecule has 33 heavy (non-hydrogen) atoms. The molecule has 0 unspecified atom stereocenters. The number of nitrogens with zero attached hydrogens (tertiary/aromatic N) is 1. The molecule has 0 amide bonds. The van der Waals surface area contributed by atoms with Crippen molar-refractivity contribution in [3.05, 3.63) is 104 Å². The van der Waals surface area contributed by atoms with Crippen molar-refractivity contribution in [3.8, 4) is 17.6 Å². The molecule has 4 aromatic carbocycles. The lowest BCUT2D eigenvalue weighted by atomic mass is 10.00. The maximum absolute atomic E-state index is 9.81. The van der Waals surface area contributed by atoms with Gasteiger partial charge in [0.15, 0.2) is 11.5 Å². The Labute approximate surface area is 210 Å². The molecule has 0 saturated carbocycles. The van der Waals surface area contributed by atoms with Gasteiger partial charge in [0.25, 0.3) is 0 Å². The first-order valence-corrected chi connectivity index (χ1v) is 11.6. The third-order valence-corrected chi connectivity index (χ3v) is 6.44. The summed E-state index contributed by atoms with van der Waals surface area (Å²) in [5.41, 5.74) is 3.10. The number of hydrogen-bond donors (Lipinski definition) is 0. The predicted octanol–water partition coefficient (Wildman–Crippen LogP) is 8.56. The third-order valence-electron chi connectivity index (χ3n) is 5.11. The van der Waals surface area contributed by atoms with E-state index >= 15 is 0 Å². The number of methoxy groups -OCH3 is 1. The van der Waals surface area contributed by atoms with Crippen LogP contribution in [-0.4, -0.2) is 7.11 Å². The van der Waals surface area contributed by atoms with E-state index in [-0.39, 0.29) is 0 Å². The highest BCUT2D eigenvalue weighted by Crippen LogP contribution is 2.38. The molecule has 4 rings (SSSR count). The lowest BCUT2D eigenvalue weighted by molar-refractivity contribution is 0.282. The maximum Gasteiger partial charge on any atom is 0.175 e. The van der Waals surface area contributed by atoms with Crippen LogP contribution in [0.25, 0.3) is 22.4 Å². The Bertz CT molecular complexity index is 1410. The van der Waals surface area contributed by atoms with Gasteiger partial charge in [-0.15, -0.1) is 0 Å². The highest BCUT2D eigenvalue weighted by atomic mass is 79.9. The molecule has 0 N–H and O–H groups in total. The Morgan fingerprint density at radius 1 is 0.970 bits per heavy atom. The van der Waals surface area contributed by atoms with E-state index in [4.69, 9.17) is 32.7 Å². The summed E-state index contributed by atoms with van der Waals surface area (Å²) in [6.07, 6.45) is 1.83. The van der Waals surface area contributed by atoms with Crippen molar-refractivity contribution in [3.63, 3.8) is 0 Å². The monoisotopic (exact) mass is 537 g/mol. The Morgan fingerprint density at radius 2 is 1.76 bits per heavy atom. The zero-order valence-corrected chi connectivity index (χ0v) is 20.7. The highest BCUT2D eigenvalue weighted by molar-refractivity contribution is 9.10. The van der Waals surface area contributed by atoms with Crippen LogP contribution in [0.5, 0.6) is 11.5 Å². The summed E-state index contributed by atoms with van der Waals surface area (Å²) in [6.45, 7) is 0.293. The van der Waals surface area contributed by atoms with Gasteiger partial charge < -0.3 is 9.47 Å². The van der Waals surface area contributed by atoms with Crippen LogP contribution in [0.15, 0.2) is 77.3 Å². The number of benzene rings is 4. The first kappa shape index (κ1) is 23.2. The molecule has 0 aliphatic carbocycles. The summed E-state index contributed by atoms with van der Waals surface area (Å²) < 4.78 is 12.3. The van der Waals surface area contributed by atoms with Crippen molar-refractivity contribution < 1.29 is 9.47 Å². The summed E-state index contributed by atoms with van der Waals surface area (Å²) in [6, 6.07) is 25.5. The molecular formula is C27H18BrCl2NO2. The van der Waals surface area contributed by atoms with Crippen LogP contribution in [0.3, 0.4) is 0 Å². The molecular weight excluding hydrogens is 521 g/mol. The molecule has 0 heterocycles. The standard InChI is InChI=1S/C27H18BrCl2NO2/c1-32-26-13-18(10-22(15-31)21-8-7-19-4-2-3-5-20(19)14-21)11-23(28)27(26)33-16-17-6-9-24(29)25(30)12-17/h2-14H,16H2,1H3/b22-10-. The zero-order chi connectivity index (χ0) is 23.4. The van der Waals surface area contributed by atoms with Crippen LogP contribution in [0.4, 0.5) is 0 Å². The summed E-state index contributed by atoms with van der Waals surface area (Å²) in [5, 5.41) is 13.0. The number of ether oxygens (including phenoxy) is 2. The van der Waals surface area contributed by atoms with E-state index in [2.05, 4.69) is 22.0 Å². The number of fused-ring (bicyclic) bond motifs is 1. The SMILES string of the molecule is COc1cc(/C=C(/C#N)c2ccc3ccccc3c2)cc(Br)c1OCc1ccc(Cl)c(Cl)c1. The van der Waals surface area contributed by atoms with Gasteiger partial charge >= 0.3 is 0 Å². The topological polar surface area (TPSA) is 42.2 Å². The van der Waals surface area contributed by atoms with Crippen LogP contribution in [0.2, 0.25) is 10.0 Å². The number of nitriles is 1. The molecule has 0 fully saturated rings. The second-order valence-electron chi connectivity index (χ2n) is 7.30. The number of hydrogen-bond acceptors (Lipinski definition) is 3. The maximum atomic E-state index is 9.81. The zero-order valence-electron chi connectivity index (χ0n) is 17.6. The molecule has 0 spiro atoms. The fourth-order valence-electron chi connectivity index (χ4n) is 3.45. The van der Waals surface area contributed by atoms with Gasteiger partial charge in [0, 0.05) is 0 Å². The van der Waals surface area contributed by atoms with E-state index in [1.807, 2.05) is 66.7 Å². The first-order chi connectivity index (χ1) is 16.0. The summed E-state index contributed by atoms with van der Waals surface area (Å²) in [4.78, 5) is 0. The summed E-state index contributed by atoms with van der Waals surface area (Å²) in [5.74, 6) is 1.11. The lowest BCUT2D eigenvalue weighted by Gasteiger charge is -2.14. The van der Waals surface area contributed by atoms with Gasteiger partial charge in [-0.05, 0) is 79.8 Å². The average molecular weight is 539 g/mol. The molecule has 6 heteroatoms. The van der Waals surface area contributed by atoms with E-state index in [9.17, 15) is 5.26 Å². The number of halogens is 3. The van der Waals surface area contributed by atoms with E-state index < -0.39 is 0 Å². The smallest absolute Gasteiger partial charge is 0.175 e. The summed E-state index contributed by atoms with van der Waals surface area (Å²) in [7, 11) is 1.58. The number of rotatable bonds is 6. The van der Waals surface area contributed by atoms with Crippen molar-refractivity contribution in [1.82, 2.24) is 0 Å². The third kappa shape index (κ3) is 5.34. The van der Waals surface area contributed by atoms with Crippen molar-refractivity contribution in [1.29, 1.82) is 5.26 Å². The lowest BCUT2D eigenvalue weighted by Crippen LogP contribution is -1.99. The quantitative estimate of drug-likeness (QED) is 0.182. The van der Waals surface area contributed by atoms with Crippen LogP contribution in [0.1, 0.15) is 16.7 Å². The predicted molar refractivity (Wildman–Crippen MR) is 139 cm³/mol. The average Bonchev–Trinajstić information content (AvgIpc) is 2.83. The highest BCUT2D eigenvalue weighted by Gasteiger charge is 2.13. The molecule has 0 saturated heterocycles. The summed E-state index contributed by atoms with van der Waals surface area (Å²) >= 11 is 15.7. The minimum Gasteiger partial charge on any atom is -0.493 e. The molecule has 0 aliphatic heterocycles. The second kappa shape index (κ2) is 10.3. The van der Waals surface area contributed by atoms with Crippen molar-refractivity contribution >= 4 is 61.6 Å². The number of allylic oxidation sites excluding steroid dienone is 1. The van der Waals surface area contributed by atoms with Crippen molar-refractivity contribution in [2.45, 2.75) is 6.61 Å². The van der Waals surface area contributed by atoms with Gasteiger partial charge in [-0.3, -0.25) is 0 Å². The van der Waals surface area contributed by atoms with Gasteiger partial charge in [-0.25, -0.2) is 0 Å². The first-order valence-electron chi connectivity index (χ1n) is 10.0. The molecule has 0 aromatic heterocycles. The van der Waals surface area contributed by atoms with E-state index in [1.165, 1.54) is 0 Å². The molecule has 0 radical (unpaired) electrons. The normalized spacial score (nSPS) is 11.3. The molecule has 0 bridgehead atoms. The van der Waals surface area contributed by atoms with Crippen LogP contribution < -0.4 is 9.47 Å². The molecule has 0 atom stereocenters. The van der Waals surface area contributed by atoms with Crippen molar-refractivity contribution in [2.75, 3.05) is 7.11 Å². The second-order valence-corrected chi connectivity index (χ2v) is 8.97. The van der Waals surface area contributed by atoms with Crippen LogP contribution in [-0.2, 0) is 6.61 Å². The fraction of sp³-hybridized carbons (Fsp3) is 0.0741. The van der Waals surface area contributed by atoms with E-state index in [0.29, 0.717) is 38.2 Å². The minimum absolute atomic E-state index is 0.293. The Morgan fingerprint density at radius 3 is 2.48 bits per heavy atom. The van der Waals surface area contributed by atoms with Gasteiger partial charge in [0.05, 0.1) is 33.3 Å². The van der Waals surface area contributed by atoms with Gasteiger partial charge in [-0.2, -0.15) is 5.26 Å². The molecule has 4 aromatic rings. The van der Waals surface area contributed by atoms with Gasteiger partial charge in [0.1, 0.15) is 6.61 Å². The van der Waals surface area contributed by atoms with Crippen LogP contribution in [0, 0.1) is 11.3 Å². The molecule has 3 nitrogen and oxygen atoms in total. The Kier molecular flexibility index (Phi) is 7.25.